The van der Waals surface area contributed by atoms with Crippen LogP contribution in [-0.2, 0) is 6.61 Å². The molecule has 0 aliphatic heterocycles. The van der Waals surface area contributed by atoms with Crippen LogP contribution in [0.5, 0.6) is 5.75 Å². The van der Waals surface area contributed by atoms with E-state index in [1.165, 1.54) is 12.3 Å². The molecule has 8 heteroatoms. The zero-order valence-corrected chi connectivity index (χ0v) is 14.7. The van der Waals surface area contributed by atoms with Gasteiger partial charge in [0.25, 0.3) is 5.56 Å². The summed E-state index contributed by atoms with van der Waals surface area (Å²) in [4.78, 5) is 12.0. The lowest BCUT2D eigenvalue weighted by Gasteiger charge is -2.07. The first-order valence-electron chi connectivity index (χ1n) is 7.73. The van der Waals surface area contributed by atoms with Crippen LogP contribution in [0.15, 0.2) is 58.4 Å². The molecule has 2 aromatic carbocycles. The van der Waals surface area contributed by atoms with Gasteiger partial charge in [0, 0.05) is 5.56 Å². The van der Waals surface area contributed by atoms with E-state index in [1.54, 1.807) is 49.4 Å². The minimum atomic E-state index is -0.392. The summed E-state index contributed by atoms with van der Waals surface area (Å²) in [6.45, 7) is 1.68. The zero-order chi connectivity index (χ0) is 18.5. The third-order valence-corrected chi connectivity index (χ3v) is 3.81. The summed E-state index contributed by atoms with van der Waals surface area (Å²) in [6, 6.07) is 13.5. The summed E-state index contributed by atoms with van der Waals surface area (Å²) >= 11 is 5.02. The van der Waals surface area contributed by atoms with Crippen molar-refractivity contribution in [1.29, 1.82) is 0 Å². The molecule has 0 aliphatic carbocycles. The van der Waals surface area contributed by atoms with Gasteiger partial charge in [-0.15, -0.1) is 0 Å². The Balaban J connectivity index is 1.78. The summed E-state index contributed by atoms with van der Waals surface area (Å²) in [7, 11) is 0. The lowest BCUT2D eigenvalue weighted by molar-refractivity contribution is 0.300. The van der Waals surface area contributed by atoms with Crippen LogP contribution in [0.4, 0.5) is 4.39 Å². The van der Waals surface area contributed by atoms with Crippen molar-refractivity contribution in [1.82, 2.24) is 14.9 Å². The molecule has 0 spiro atoms. The number of halogens is 1. The van der Waals surface area contributed by atoms with Crippen LogP contribution >= 0.6 is 12.2 Å². The zero-order valence-electron chi connectivity index (χ0n) is 13.8. The summed E-state index contributed by atoms with van der Waals surface area (Å²) in [5.74, 6) is 0.243. The molecule has 6 nitrogen and oxygen atoms in total. The van der Waals surface area contributed by atoms with Gasteiger partial charge in [-0.1, -0.05) is 30.3 Å². The fourth-order valence-corrected chi connectivity index (χ4v) is 2.34. The molecular formula is C18H15FN4O2S. The number of ether oxygens (including phenoxy) is 1. The molecule has 0 fully saturated rings. The molecule has 0 saturated heterocycles. The van der Waals surface area contributed by atoms with Gasteiger partial charge in [0.1, 0.15) is 23.9 Å². The van der Waals surface area contributed by atoms with Crippen molar-refractivity contribution >= 4 is 18.4 Å². The SMILES string of the molecule is Cc1n[nH]c(=S)n(/N=C/c2cccc(OCc3ccccc3F)c2)c1=O. The van der Waals surface area contributed by atoms with E-state index in [1.807, 2.05) is 0 Å². The minimum Gasteiger partial charge on any atom is -0.489 e. The normalized spacial score (nSPS) is 11.0. The Kier molecular flexibility index (Phi) is 5.33. The molecule has 0 bridgehead atoms. The number of hydrogen-bond acceptors (Lipinski definition) is 5. The Morgan fingerprint density at radius 2 is 2.12 bits per heavy atom. The highest BCUT2D eigenvalue weighted by Gasteiger charge is 2.03. The largest absolute Gasteiger partial charge is 0.489 e. The first kappa shape index (κ1) is 17.7. The molecule has 1 aromatic heterocycles. The van der Waals surface area contributed by atoms with Gasteiger partial charge in [0.15, 0.2) is 0 Å². The maximum Gasteiger partial charge on any atom is 0.296 e. The lowest BCUT2D eigenvalue weighted by Crippen LogP contribution is -2.22. The lowest BCUT2D eigenvalue weighted by atomic mass is 10.2. The van der Waals surface area contributed by atoms with Crippen molar-refractivity contribution < 1.29 is 9.13 Å². The predicted octanol–water partition coefficient (Wildman–Crippen LogP) is 3.21. The number of nitrogens with zero attached hydrogens (tertiary/aromatic N) is 3. The Hall–Kier alpha value is -3.13. The molecule has 0 radical (unpaired) electrons. The molecule has 3 aromatic rings. The van der Waals surface area contributed by atoms with Gasteiger partial charge < -0.3 is 4.74 Å². The second-order valence-corrected chi connectivity index (χ2v) is 5.81. The Morgan fingerprint density at radius 1 is 1.31 bits per heavy atom. The van der Waals surface area contributed by atoms with Crippen LogP contribution in [0, 0.1) is 17.5 Å². The van der Waals surface area contributed by atoms with Crippen molar-refractivity contribution in [3.05, 3.63) is 86.3 Å². The highest BCUT2D eigenvalue weighted by atomic mass is 32.1. The van der Waals surface area contributed by atoms with E-state index < -0.39 is 5.56 Å². The number of benzene rings is 2. The second-order valence-electron chi connectivity index (χ2n) is 5.43. The molecule has 0 amide bonds. The smallest absolute Gasteiger partial charge is 0.296 e. The predicted molar refractivity (Wildman–Crippen MR) is 98.6 cm³/mol. The monoisotopic (exact) mass is 370 g/mol. The average Bonchev–Trinajstić information content (AvgIpc) is 2.65. The summed E-state index contributed by atoms with van der Waals surface area (Å²) in [5.41, 5.74) is 1.04. The third kappa shape index (κ3) is 4.09. The van der Waals surface area contributed by atoms with Gasteiger partial charge in [-0.25, -0.2) is 4.39 Å². The minimum absolute atomic E-state index is 0.101. The summed E-state index contributed by atoms with van der Waals surface area (Å²) in [6.07, 6.45) is 1.49. The molecule has 132 valence electrons. The van der Waals surface area contributed by atoms with Crippen molar-refractivity contribution in [2.75, 3.05) is 0 Å². The van der Waals surface area contributed by atoms with Crippen LogP contribution in [0.2, 0.25) is 0 Å². The highest BCUT2D eigenvalue weighted by Crippen LogP contribution is 2.15. The van der Waals surface area contributed by atoms with E-state index in [-0.39, 0.29) is 22.9 Å². The van der Waals surface area contributed by atoms with Gasteiger partial charge in [0.05, 0.1) is 6.21 Å². The van der Waals surface area contributed by atoms with Crippen LogP contribution < -0.4 is 10.3 Å². The van der Waals surface area contributed by atoms with Crippen molar-refractivity contribution in [2.45, 2.75) is 13.5 Å². The van der Waals surface area contributed by atoms with Crippen LogP contribution in [-0.4, -0.2) is 21.1 Å². The number of aryl methyl sites for hydroxylation is 1. The molecule has 1 heterocycles. The Bertz CT molecular complexity index is 1080. The number of rotatable bonds is 5. The first-order valence-corrected chi connectivity index (χ1v) is 8.14. The average molecular weight is 370 g/mol. The summed E-state index contributed by atoms with van der Waals surface area (Å²) < 4.78 is 20.4. The molecule has 0 unspecified atom stereocenters. The van der Waals surface area contributed by atoms with Crippen molar-refractivity contribution in [3.8, 4) is 5.75 Å². The topological polar surface area (TPSA) is 72.3 Å². The molecule has 0 atom stereocenters. The second kappa shape index (κ2) is 7.83. The van der Waals surface area contributed by atoms with Crippen LogP contribution in [0.1, 0.15) is 16.8 Å². The van der Waals surface area contributed by atoms with Crippen LogP contribution in [0.3, 0.4) is 0 Å². The summed E-state index contributed by atoms with van der Waals surface area (Å²) in [5, 5.41) is 10.4. The standard InChI is InChI=1S/C18H15FN4O2S/c1-12-17(24)23(18(26)22-21-12)20-10-13-5-4-7-15(9-13)25-11-14-6-2-3-8-16(14)19/h2-10H,11H2,1H3,(H,22,26)/b20-10+. The molecule has 26 heavy (non-hydrogen) atoms. The fourth-order valence-electron chi connectivity index (χ4n) is 2.16. The maximum absolute atomic E-state index is 13.6. The molecule has 0 saturated carbocycles. The van der Waals surface area contributed by atoms with E-state index in [0.717, 1.165) is 4.68 Å². The van der Waals surface area contributed by atoms with Gasteiger partial charge in [-0.2, -0.15) is 14.9 Å². The van der Waals surface area contributed by atoms with E-state index in [9.17, 15) is 9.18 Å². The van der Waals surface area contributed by atoms with Crippen molar-refractivity contribution in [3.63, 3.8) is 0 Å². The first-order chi connectivity index (χ1) is 12.5. The van der Waals surface area contributed by atoms with Gasteiger partial charge in [-0.3, -0.25) is 9.89 Å². The quantitative estimate of drug-likeness (QED) is 0.553. The number of hydrogen-bond donors (Lipinski definition) is 1. The number of nitrogens with one attached hydrogen (secondary N) is 1. The highest BCUT2D eigenvalue weighted by molar-refractivity contribution is 7.71. The van der Waals surface area contributed by atoms with E-state index >= 15 is 0 Å². The Morgan fingerprint density at radius 3 is 2.92 bits per heavy atom. The number of aromatic nitrogens is 3. The van der Waals surface area contributed by atoms with Crippen molar-refractivity contribution in [2.24, 2.45) is 5.10 Å². The maximum atomic E-state index is 13.6. The van der Waals surface area contributed by atoms with E-state index in [0.29, 0.717) is 16.9 Å². The fraction of sp³-hybridized carbons (Fsp3) is 0.111. The number of aromatic amines is 1. The number of H-pyrrole nitrogens is 1. The molecule has 3 rings (SSSR count). The van der Waals surface area contributed by atoms with Gasteiger partial charge in [0.2, 0.25) is 4.77 Å². The Labute approximate surface area is 153 Å². The van der Waals surface area contributed by atoms with Gasteiger partial charge in [-0.05, 0) is 42.9 Å². The van der Waals surface area contributed by atoms with E-state index in [4.69, 9.17) is 17.0 Å². The molecule has 0 aliphatic rings. The van der Waals surface area contributed by atoms with Crippen LogP contribution in [0.25, 0.3) is 0 Å². The third-order valence-electron chi connectivity index (χ3n) is 3.55. The van der Waals surface area contributed by atoms with Gasteiger partial charge >= 0.3 is 0 Å². The molecule has 1 N–H and O–H groups in total. The van der Waals surface area contributed by atoms with E-state index in [2.05, 4.69) is 15.3 Å². The molecular weight excluding hydrogens is 355 g/mol.